The van der Waals surface area contributed by atoms with Crippen LogP contribution in [0, 0.1) is 0 Å². The molecule has 0 saturated carbocycles. The van der Waals surface area contributed by atoms with Crippen molar-refractivity contribution < 1.29 is 9.47 Å². The van der Waals surface area contributed by atoms with Crippen molar-refractivity contribution in [2.75, 3.05) is 24.7 Å². The van der Waals surface area contributed by atoms with Crippen molar-refractivity contribution in [3.05, 3.63) is 23.8 Å². The maximum absolute atomic E-state index is 5.58. The number of thioether (sulfide) groups is 1. The minimum Gasteiger partial charge on any atom is -0.486 e. The molecule has 1 aromatic rings. The Kier molecular flexibility index (Phi) is 3.43. The van der Waals surface area contributed by atoms with Gasteiger partial charge in [0, 0.05) is 18.3 Å². The summed E-state index contributed by atoms with van der Waals surface area (Å²) in [7, 11) is 0. The molecule has 17 heavy (non-hydrogen) atoms. The summed E-state index contributed by atoms with van der Waals surface area (Å²) in [4.78, 5) is 0. The molecular weight excluding hydrogens is 234 g/mol. The first-order valence-corrected chi connectivity index (χ1v) is 7.27. The first-order valence-electron chi connectivity index (χ1n) is 6.11. The Morgan fingerprint density at radius 2 is 2.12 bits per heavy atom. The van der Waals surface area contributed by atoms with E-state index < -0.39 is 0 Å². The third-order valence-corrected chi connectivity index (χ3v) is 4.29. The lowest BCUT2D eigenvalue weighted by Gasteiger charge is -2.19. The van der Waals surface area contributed by atoms with Crippen molar-refractivity contribution >= 4 is 11.8 Å². The van der Waals surface area contributed by atoms with Crippen LogP contribution in [0.2, 0.25) is 0 Å². The van der Waals surface area contributed by atoms with Crippen molar-refractivity contribution in [1.29, 1.82) is 0 Å². The largest absolute Gasteiger partial charge is 0.486 e. The standard InChI is InChI=1S/C13H17NO2S/c1-2-12-13(16-5-4-15-12)7-10(1)8-14-11-3-6-17-9-11/h1-2,7,11,14H,3-6,8-9H2. The van der Waals surface area contributed by atoms with Crippen LogP contribution in [0.1, 0.15) is 12.0 Å². The molecule has 0 radical (unpaired) electrons. The fraction of sp³-hybridized carbons (Fsp3) is 0.538. The number of nitrogens with one attached hydrogen (secondary N) is 1. The SMILES string of the molecule is c1cc2c(cc1CNC1CCSC1)OCCO2. The summed E-state index contributed by atoms with van der Waals surface area (Å²) in [5.41, 5.74) is 1.27. The highest BCUT2D eigenvalue weighted by molar-refractivity contribution is 7.99. The van der Waals surface area contributed by atoms with Gasteiger partial charge in [-0.2, -0.15) is 11.8 Å². The van der Waals surface area contributed by atoms with E-state index in [9.17, 15) is 0 Å². The summed E-state index contributed by atoms with van der Waals surface area (Å²) < 4.78 is 11.1. The van der Waals surface area contributed by atoms with Gasteiger partial charge in [0.1, 0.15) is 13.2 Å². The topological polar surface area (TPSA) is 30.5 Å². The number of benzene rings is 1. The molecule has 0 aromatic heterocycles. The fourth-order valence-electron chi connectivity index (χ4n) is 2.16. The first kappa shape index (κ1) is 11.2. The fourth-order valence-corrected chi connectivity index (χ4v) is 3.34. The average Bonchev–Trinajstić information content (AvgIpc) is 2.89. The molecule has 1 unspecified atom stereocenters. The summed E-state index contributed by atoms with van der Waals surface area (Å²) >= 11 is 2.03. The van der Waals surface area contributed by atoms with Crippen molar-refractivity contribution in [1.82, 2.24) is 5.32 Å². The zero-order valence-corrected chi connectivity index (χ0v) is 10.6. The van der Waals surface area contributed by atoms with Crippen molar-refractivity contribution in [3.63, 3.8) is 0 Å². The molecule has 1 saturated heterocycles. The van der Waals surface area contributed by atoms with Crippen molar-refractivity contribution in [3.8, 4) is 11.5 Å². The number of rotatable bonds is 3. The average molecular weight is 251 g/mol. The maximum Gasteiger partial charge on any atom is 0.161 e. The summed E-state index contributed by atoms with van der Waals surface area (Å²) in [6.07, 6.45) is 1.29. The summed E-state index contributed by atoms with van der Waals surface area (Å²) in [5, 5.41) is 3.59. The monoisotopic (exact) mass is 251 g/mol. The Balaban J connectivity index is 1.62. The summed E-state index contributed by atoms with van der Waals surface area (Å²) in [6.45, 7) is 2.23. The van der Waals surface area contributed by atoms with Gasteiger partial charge in [0.25, 0.3) is 0 Å². The van der Waals surface area contributed by atoms with E-state index in [0.717, 1.165) is 18.0 Å². The quantitative estimate of drug-likeness (QED) is 0.890. The van der Waals surface area contributed by atoms with Crippen molar-refractivity contribution in [2.45, 2.75) is 19.0 Å². The Hall–Kier alpha value is -0.870. The molecule has 92 valence electrons. The van der Waals surface area contributed by atoms with Crippen LogP contribution in [0.5, 0.6) is 11.5 Å². The number of hydrogen-bond donors (Lipinski definition) is 1. The van der Waals surface area contributed by atoms with Crippen LogP contribution in [0.3, 0.4) is 0 Å². The Morgan fingerprint density at radius 3 is 2.94 bits per heavy atom. The molecule has 1 atom stereocenters. The normalized spacial score (nSPS) is 22.7. The zero-order valence-electron chi connectivity index (χ0n) is 9.78. The highest BCUT2D eigenvalue weighted by atomic mass is 32.2. The molecule has 0 spiro atoms. The smallest absolute Gasteiger partial charge is 0.161 e. The second kappa shape index (κ2) is 5.19. The van der Waals surface area contributed by atoms with Crippen LogP contribution in [-0.2, 0) is 6.54 Å². The molecule has 1 N–H and O–H groups in total. The number of fused-ring (bicyclic) bond motifs is 1. The van der Waals surface area contributed by atoms with Gasteiger partial charge < -0.3 is 14.8 Å². The van der Waals surface area contributed by atoms with E-state index >= 15 is 0 Å². The van der Waals surface area contributed by atoms with Gasteiger partial charge in [-0.15, -0.1) is 0 Å². The van der Waals surface area contributed by atoms with E-state index in [0.29, 0.717) is 19.3 Å². The third kappa shape index (κ3) is 2.69. The van der Waals surface area contributed by atoms with Crippen molar-refractivity contribution in [2.24, 2.45) is 0 Å². The van der Waals surface area contributed by atoms with E-state index in [1.54, 1.807) is 0 Å². The molecule has 0 amide bonds. The van der Waals surface area contributed by atoms with E-state index in [2.05, 4.69) is 17.4 Å². The Morgan fingerprint density at radius 1 is 1.24 bits per heavy atom. The number of hydrogen-bond acceptors (Lipinski definition) is 4. The van der Waals surface area contributed by atoms with E-state index in [4.69, 9.17) is 9.47 Å². The van der Waals surface area contributed by atoms with Gasteiger partial charge in [0.15, 0.2) is 11.5 Å². The molecule has 2 aliphatic heterocycles. The molecule has 1 aromatic carbocycles. The highest BCUT2D eigenvalue weighted by Gasteiger charge is 2.15. The minimum atomic E-state index is 0.656. The van der Waals surface area contributed by atoms with Crippen LogP contribution in [0.4, 0.5) is 0 Å². The Labute approximate surface area is 106 Å². The van der Waals surface area contributed by atoms with Crippen LogP contribution in [0.25, 0.3) is 0 Å². The van der Waals surface area contributed by atoms with Gasteiger partial charge in [0.05, 0.1) is 0 Å². The molecular formula is C13H17NO2S. The molecule has 1 fully saturated rings. The molecule has 4 heteroatoms. The van der Waals surface area contributed by atoms with Crippen LogP contribution in [-0.4, -0.2) is 30.8 Å². The van der Waals surface area contributed by atoms with Gasteiger partial charge >= 0.3 is 0 Å². The van der Waals surface area contributed by atoms with Gasteiger partial charge in [-0.1, -0.05) is 6.07 Å². The summed E-state index contributed by atoms with van der Waals surface area (Å²) in [6, 6.07) is 6.88. The maximum atomic E-state index is 5.58. The molecule has 0 bridgehead atoms. The first-order chi connectivity index (χ1) is 8.42. The molecule has 3 rings (SSSR count). The molecule has 2 aliphatic rings. The number of ether oxygens (including phenoxy) is 2. The highest BCUT2D eigenvalue weighted by Crippen LogP contribution is 2.30. The van der Waals surface area contributed by atoms with Gasteiger partial charge in [-0.05, 0) is 29.9 Å². The molecule has 0 aliphatic carbocycles. The van der Waals surface area contributed by atoms with Crippen LogP contribution in [0.15, 0.2) is 18.2 Å². The zero-order chi connectivity index (χ0) is 11.5. The predicted octanol–water partition coefficient (Wildman–Crippen LogP) is 2.05. The lowest BCUT2D eigenvalue weighted by Crippen LogP contribution is -2.28. The van der Waals surface area contributed by atoms with Gasteiger partial charge in [0.2, 0.25) is 0 Å². The molecule has 3 nitrogen and oxygen atoms in total. The lowest BCUT2D eigenvalue weighted by atomic mass is 10.1. The minimum absolute atomic E-state index is 0.656. The summed E-state index contributed by atoms with van der Waals surface area (Å²) in [5.74, 6) is 4.29. The van der Waals surface area contributed by atoms with E-state index in [1.165, 1.54) is 23.5 Å². The van der Waals surface area contributed by atoms with Gasteiger partial charge in [-0.3, -0.25) is 0 Å². The third-order valence-electron chi connectivity index (χ3n) is 3.13. The second-order valence-electron chi connectivity index (χ2n) is 4.42. The van der Waals surface area contributed by atoms with E-state index in [1.807, 2.05) is 17.8 Å². The van der Waals surface area contributed by atoms with E-state index in [-0.39, 0.29) is 0 Å². The Bertz CT molecular complexity index is 391. The van der Waals surface area contributed by atoms with Crippen LogP contribution < -0.4 is 14.8 Å². The predicted molar refractivity (Wildman–Crippen MR) is 70.0 cm³/mol. The van der Waals surface area contributed by atoms with Crippen LogP contribution >= 0.6 is 11.8 Å². The second-order valence-corrected chi connectivity index (χ2v) is 5.57. The molecule has 2 heterocycles. The lowest BCUT2D eigenvalue weighted by molar-refractivity contribution is 0.171. The van der Waals surface area contributed by atoms with Gasteiger partial charge in [-0.25, -0.2) is 0 Å².